The molecule has 1 aromatic carbocycles. The normalized spacial score (nSPS) is 20.3. The molecular formula is C12H15ClN2O2. The van der Waals surface area contributed by atoms with Gasteiger partial charge in [-0.3, -0.25) is 4.79 Å². The lowest BCUT2D eigenvalue weighted by atomic mass is 10.1. The van der Waals surface area contributed by atoms with E-state index in [4.69, 9.17) is 16.7 Å². The number of aliphatic hydroxyl groups excluding tert-OH is 1. The molecule has 2 rings (SSSR count). The molecule has 1 fully saturated rings. The van der Waals surface area contributed by atoms with Crippen LogP contribution in [-0.2, 0) is 4.79 Å². The summed E-state index contributed by atoms with van der Waals surface area (Å²) in [5, 5.41) is 12.6. The number of carbonyl (C=O) groups excluding carboxylic acids is 1. The van der Waals surface area contributed by atoms with Gasteiger partial charge in [0.1, 0.15) is 0 Å². The van der Waals surface area contributed by atoms with Gasteiger partial charge >= 0.3 is 0 Å². The molecule has 1 amide bonds. The molecule has 0 saturated carbocycles. The summed E-state index contributed by atoms with van der Waals surface area (Å²) in [5.74, 6) is -0.0651. The molecule has 1 aromatic rings. The number of aliphatic hydroxyl groups is 1. The SMILES string of the molecule is Cc1cc(Cl)ccc1N1CC(=O)NC(CO)C1. The van der Waals surface area contributed by atoms with E-state index in [0.29, 0.717) is 18.1 Å². The Hall–Kier alpha value is -1.26. The number of rotatable bonds is 2. The molecule has 92 valence electrons. The first-order chi connectivity index (χ1) is 8.10. The van der Waals surface area contributed by atoms with E-state index in [0.717, 1.165) is 11.3 Å². The second kappa shape index (κ2) is 4.94. The summed E-state index contributed by atoms with van der Waals surface area (Å²) in [5.41, 5.74) is 2.02. The molecule has 0 spiro atoms. The smallest absolute Gasteiger partial charge is 0.239 e. The van der Waals surface area contributed by atoms with E-state index in [1.807, 2.05) is 30.0 Å². The maximum absolute atomic E-state index is 11.5. The van der Waals surface area contributed by atoms with Crippen molar-refractivity contribution >= 4 is 23.2 Å². The van der Waals surface area contributed by atoms with Crippen molar-refractivity contribution in [2.45, 2.75) is 13.0 Å². The Morgan fingerprint density at radius 3 is 3.00 bits per heavy atom. The van der Waals surface area contributed by atoms with Crippen molar-refractivity contribution in [2.75, 3.05) is 24.6 Å². The minimum absolute atomic E-state index is 0.0467. The van der Waals surface area contributed by atoms with Gasteiger partial charge in [-0.25, -0.2) is 0 Å². The van der Waals surface area contributed by atoms with Gasteiger partial charge in [-0.2, -0.15) is 0 Å². The average molecular weight is 255 g/mol. The second-order valence-electron chi connectivity index (χ2n) is 4.26. The number of hydrogen-bond acceptors (Lipinski definition) is 3. The van der Waals surface area contributed by atoms with E-state index >= 15 is 0 Å². The van der Waals surface area contributed by atoms with Gasteiger partial charge in [0.25, 0.3) is 0 Å². The molecule has 2 N–H and O–H groups in total. The summed E-state index contributed by atoms with van der Waals surface area (Å²) >= 11 is 5.90. The predicted octanol–water partition coefficient (Wildman–Crippen LogP) is 0.946. The van der Waals surface area contributed by atoms with Gasteiger partial charge in [-0.1, -0.05) is 11.6 Å². The first-order valence-electron chi connectivity index (χ1n) is 5.51. The number of benzene rings is 1. The molecule has 0 radical (unpaired) electrons. The molecule has 4 nitrogen and oxygen atoms in total. The Morgan fingerprint density at radius 1 is 1.59 bits per heavy atom. The van der Waals surface area contributed by atoms with Gasteiger partial charge in [-0.05, 0) is 30.7 Å². The predicted molar refractivity (Wildman–Crippen MR) is 67.4 cm³/mol. The Balaban J connectivity index is 2.23. The fourth-order valence-electron chi connectivity index (χ4n) is 2.08. The highest BCUT2D eigenvalue weighted by atomic mass is 35.5. The van der Waals surface area contributed by atoms with Crippen molar-refractivity contribution in [2.24, 2.45) is 0 Å². The van der Waals surface area contributed by atoms with Gasteiger partial charge in [0.2, 0.25) is 5.91 Å². The van der Waals surface area contributed by atoms with Gasteiger partial charge in [0, 0.05) is 17.3 Å². The highest BCUT2D eigenvalue weighted by Crippen LogP contribution is 2.24. The van der Waals surface area contributed by atoms with Crippen LogP contribution in [0.4, 0.5) is 5.69 Å². The number of carbonyl (C=O) groups is 1. The zero-order valence-electron chi connectivity index (χ0n) is 9.61. The molecule has 1 heterocycles. The van der Waals surface area contributed by atoms with Gasteiger partial charge in [-0.15, -0.1) is 0 Å². The lowest BCUT2D eigenvalue weighted by Crippen LogP contribution is -2.55. The zero-order chi connectivity index (χ0) is 12.4. The Labute approximate surface area is 105 Å². The number of halogens is 1. The van der Waals surface area contributed by atoms with Crippen molar-refractivity contribution < 1.29 is 9.90 Å². The van der Waals surface area contributed by atoms with E-state index < -0.39 is 0 Å². The van der Waals surface area contributed by atoms with Crippen LogP contribution < -0.4 is 10.2 Å². The van der Waals surface area contributed by atoms with Crippen molar-refractivity contribution in [1.29, 1.82) is 0 Å². The highest BCUT2D eigenvalue weighted by Gasteiger charge is 2.24. The molecule has 1 aliphatic heterocycles. The summed E-state index contributed by atoms with van der Waals surface area (Å²) in [6, 6.07) is 5.39. The third kappa shape index (κ3) is 2.70. The number of anilines is 1. The fraction of sp³-hybridized carbons (Fsp3) is 0.417. The number of amides is 1. The first kappa shape index (κ1) is 12.2. The molecule has 0 aromatic heterocycles. The maximum Gasteiger partial charge on any atom is 0.239 e. The van der Waals surface area contributed by atoms with Crippen LogP contribution in [-0.4, -0.2) is 36.8 Å². The van der Waals surface area contributed by atoms with Gasteiger partial charge in [0.15, 0.2) is 0 Å². The largest absolute Gasteiger partial charge is 0.394 e. The summed E-state index contributed by atoms with van der Waals surface area (Å²) < 4.78 is 0. The molecule has 5 heteroatoms. The average Bonchev–Trinajstić information content (AvgIpc) is 2.28. The number of hydrogen-bond donors (Lipinski definition) is 2. The van der Waals surface area contributed by atoms with Crippen LogP contribution in [0.25, 0.3) is 0 Å². The standard InChI is InChI=1S/C12H15ClN2O2/c1-8-4-9(13)2-3-11(8)15-5-10(7-16)14-12(17)6-15/h2-4,10,16H,5-7H2,1H3,(H,14,17). The quantitative estimate of drug-likeness (QED) is 0.826. The zero-order valence-corrected chi connectivity index (χ0v) is 10.4. The van der Waals surface area contributed by atoms with Crippen LogP contribution in [0.15, 0.2) is 18.2 Å². The molecule has 0 bridgehead atoms. The third-order valence-electron chi connectivity index (χ3n) is 2.86. The summed E-state index contributed by atoms with van der Waals surface area (Å²) in [7, 11) is 0. The summed E-state index contributed by atoms with van der Waals surface area (Å²) in [6.45, 7) is 2.85. The van der Waals surface area contributed by atoms with Crippen LogP contribution in [0.3, 0.4) is 0 Å². The molecular weight excluding hydrogens is 240 g/mol. The molecule has 0 aliphatic carbocycles. The Bertz CT molecular complexity index is 437. The van der Waals surface area contributed by atoms with Crippen LogP contribution in [0.2, 0.25) is 5.02 Å². The number of piperazine rings is 1. The van der Waals surface area contributed by atoms with Crippen molar-refractivity contribution in [1.82, 2.24) is 5.32 Å². The van der Waals surface area contributed by atoms with E-state index in [2.05, 4.69) is 5.32 Å². The van der Waals surface area contributed by atoms with Crippen molar-refractivity contribution in [3.05, 3.63) is 28.8 Å². The van der Waals surface area contributed by atoms with Crippen molar-refractivity contribution in [3.8, 4) is 0 Å². The lowest BCUT2D eigenvalue weighted by Gasteiger charge is -2.34. The molecule has 17 heavy (non-hydrogen) atoms. The summed E-state index contributed by atoms with van der Waals surface area (Å²) in [4.78, 5) is 13.5. The van der Waals surface area contributed by atoms with E-state index in [9.17, 15) is 4.79 Å². The van der Waals surface area contributed by atoms with Gasteiger partial charge < -0.3 is 15.3 Å². The number of nitrogens with zero attached hydrogens (tertiary/aromatic N) is 1. The Morgan fingerprint density at radius 2 is 2.35 bits per heavy atom. The topological polar surface area (TPSA) is 52.6 Å². The van der Waals surface area contributed by atoms with Crippen LogP contribution in [0.1, 0.15) is 5.56 Å². The lowest BCUT2D eigenvalue weighted by molar-refractivity contribution is -0.121. The minimum atomic E-state index is -0.202. The monoisotopic (exact) mass is 254 g/mol. The first-order valence-corrected chi connectivity index (χ1v) is 5.89. The molecule has 1 atom stereocenters. The molecule has 1 saturated heterocycles. The minimum Gasteiger partial charge on any atom is -0.394 e. The molecule has 1 unspecified atom stereocenters. The molecule has 1 aliphatic rings. The van der Waals surface area contributed by atoms with Crippen molar-refractivity contribution in [3.63, 3.8) is 0 Å². The number of aryl methyl sites for hydroxylation is 1. The second-order valence-corrected chi connectivity index (χ2v) is 4.69. The Kier molecular flexibility index (Phi) is 3.54. The summed E-state index contributed by atoms with van der Waals surface area (Å²) in [6.07, 6.45) is 0. The third-order valence-corrected chi connectivity index (χ3v) is 3.10. The van der Waals surface area contributed by atoms with Crippen LogP contribution >= 0.6 is 11.6 Å². The highest BCUT2D eigenvalue weighted by molar-refractivity contribution is 6.30. The van der Waals surface area contributed by atoms with Crippen LogP contribution in [0.5, 0.6) is 0 Å². The van der Waals surface area contributed by atoms with E-state index in [-0.39, 0.29) is 18.6 Å². The van der Waals surface area contributed by atoms with Gasteiger partial charge in [0.05, 0.1) is 19.2 Å². The maximum atomic E-state index is 11.5. The van der Waals surface area contributed by atoms with E-state index in [1.54, 1.807) is 0 Å². The van der Waals surface area contributed by atoms with Crippen LogP contribution in [0, 0.1) is 6.92 Å². The fourth-order valence-corrected chi connectivity index (χ4v) is 2.31. The number of nitrogens with one attached hydrogen (secondary N) is 1. The van der Waals surface area contributed by atoms with E-state index in [1.165, 1.54) is 0 Å².